The molecule has 150 valence electrons. The highest BCUT2D eigenvalue weighted by Gasteiger charge is 2.34. The zero-order chi connectivity index (χ0) is 20.7. The van der Waals surface area contributed by atoms with E-state index in [4.69, 9.17) is 16.3 Å². The molecule has 3 aromatic rings. The molecule has 0 radical (unpaired) electrons. The second kappa shape index (κ2) is 7.54. The molecule has 1 aromatic heterocycles. The van der Waals surface area contributed by atoms with E-state index in [1.165, 1.54) is 0 Å². The first-order valence-corrected chi connectivity index (χ1v) is 10.1. The second-order valence-electron chi connectivity index (χ2n) is 7.49. The Hall–Kier alpha value is -3.25. The van der Waals surface area contributed by atoms with Crippen LogP contribution in [0.1, 0.15) is 33.8 Å². The minimum absolute atomic E-state index is 0.0126. The fourth-order valence-corrected chi connectivity index (χ4v) is 4.41. The molecule has 2 atom stereocenters. The summed E-state index contributed by atoms with van der Waals surface area (Å²) in [4.78, 5) is 33.3. The SMILES string of the molecule is O=C1CC(C(=O)NCC2Cc3cc(-c4cnccn4)cc(Cl)c3O2)c2ccccc21. The molecular weight excluding hydrogens is 402 g/mol. The molecule has 1 N–H and O–H groups in total. The molecule has 0 bridgehead atoms. The Bertz CT molecular complexity index is 1150. The van der Waals surface area contributed by atoms with E-state index in [0.717, 1.165) is 22.4 Å². The molecule has 1 amide bonds. The molecule has 0 saturated heterocycles. The Kier molecular flexibility index (Phi) is 4.71. The van der Waals surface area contributed by atoms with E-state index in [0.29, 0.717) is 29.3 Å². The number of hydrogen-bond acceptors (Lipinski definition) is 5. The molecule has 0 fully saturated rings. The van der Waals surface area contributed by atoms with Crippen LogP contribution in [0.3, 0.4) is 0 Å². The van der Waals surface area contributed by atoms with Crippen LogP contribution in [0.4, 0.5) is 0 Å². The maximum Gasteiger partial charge on any atom is 0.228 e. The van der Waals surface area contributed by atoms with Crippen LogP contribution < -0.4 is 10.1 Å². The Morgan fingerprint density at radius 3 is 2.90 bits per heavy atom. The summed E-state index contributed by atoms with van der Waals surface area (Å²) in [6.07, 6.45) is 5.57. The molecule has 2 aromatic carbocycles. The molecule has 2 aliphatic rings. The summed E-state index contributed by atoms with van der Waals surface area (Å²) in [6.45, 7) is 0.344. The van der Waals surface area contributed by atoms with Crippen molar-refractivity contribution < 1.29 is 14.3 Å². The summed E-state index contributed by atoms with van der Waals surface area (Å²) < 4.78 is 5.98. The van der Waals surface area contributed by atoms with Crippen molar-refractivity contribution in [2.24, 2.45) is 0 Å². The summed E-state index contributed by atoms with van der Waals surface area (Å²) in [6, 6.07) is 11.1. The lowest BCUT2D eigenvalue weighted by Crippen LogP contribution is -2.37. The van der Waals surface area contributed by atoms with E-state index < -0.39 is 5.92 Å². The third-order valence-electron chi connectivity index (χ3n) is 5.56. The number of halogens is 1. The molecule has 1 aliphatic carbocycles. The lowest BCUT2D eigenvalue weighted by Gasteiger charge is -2.15. The Morgan fingerprint density at radius 1 is 1.20 bits per heavy atom. The number of nitrogens with one attached hydrogen (secondary N) is 1. The summed E-state index contributed by atoms with van der Waals surface area (Å²) in [5.41, 5.74) is 4.03. The van der Waals surface area contributed by atoms with Crippen LogP contribution in [0.5, 0.6) is 5.75 Å². The zero-order valence-corrected chi connectivity index (χ0v) is 16.7. The second-order valence-corrected chi connectivity index (χ2v) is 7.90. The monoisotopic (exact) mass is 419 g/mol. The summed E-state index contributed by atoms with van der Waals surface area (Å²) in [7, 11) is 0. The maximum atomic E-state index is 12.7. The highest BCUT2D eigenvalue weighted by Crippen LogP contribution is 2.39. The van der Waals surface area contributed by atoms with Gasteiger partial charge < -0.3 is 10.1 Å². The summed E-state index contributed by atoms with van der Waals surface area (Å²) in [5, 5.41) is 3.46. The zero-order valence-electron chi connectivity index (χ0n) is 16.0. The van der Waals surface area contributed by atoms with Crippen molar-refractivity contribution in [1.29, 1.82) is 0 Å². The van der Waals surface area contributed by atoms with Gasteiger partial charge in [0.2, 0.25) is 5.91 Å². The number of carbonyl (C=O) groups is 2. The van der Waals surface area contributed by atoms with Gasteiger partial charge in [-0.15, -0.1) is 0 Å². The van der Waals surface area contributed by atoms with Gasteiger partial charge in [0.25, 0.3) is 0 Å². The number of benzene rings is 2. The van der Waals surface area contributed by atoms with Gasteiger partial charge in [0.15, 0.2) is 5.78 Å². The van der Waals surface area contributed by atoms with Gasteiger partial charge >= 0.3 is 0 Å². The van der Waals surface area contributed by atoms with Crippen molar-refractivity contribution in [1.82, 2.24) is 15.3 Å². The summed E-state index contributed by atoms with van der Waals surface area (Å²) in [5.74, 6) is 0.0621. The van der Waals surface area contributed by atoms with E-state index in [1.807, 2.05) is 30.3 Å². The molecule has 2 heterocycles. The predicted molar refractivity (Wildman–Crippen MR) is 112 cm³/mol. The van der Waals surface area contributed by atoms with E-state index >= 15 is 0 Å². The molecule has 1 aliphatic heterocycles. The van der Waals surface area contributed by atoms with Crippen LogP contribution in [0, 0.1) is 0 Å². The number of amides is 1. The molecule has 7 heteroatoms. The molecule has 0 spiro atoms. The van der Waals surface area contributed by atoms with Gasteiger partial charge in [-0.05, 0) is 17.7 Å². The molecule has 6 nitrogen and oxygen atoms in total. The van der Waals surface area contributed by atoms with Crippen molar-refractivity contribution in [3.8, 4) is 17.0 Å². The summed E-state index contributed by atoms with van der Waals surface area (Å²) >= 11 is 6.43. The average molecular weight is 420 g/mol. The van der Waals surface area contributed by atoms with Gasteiger partial charge in [-0.2, -0.15) is 0 Å². The van der Waals surface area contributed by atoms with Gasteiger partial charge in [0.05, 0.1) is 29.4 Å². The van der Waals surface area contributed by atoms with Crippen LogP contribution in [-0.2, 0) is 11.2 Å². The van der Waals surface area contributed by atoms with Crippen LogP contribution in [0.15, 0.2) is 55.0 Å². The number of fused-ring (bicyclic) bond motifs is 2. The van der Waals surface area contributed by atoms with E-state index in [2.05, 4.69) is 15.3 Å². The van der Waals surface area contributed by atoms with E-state index in [1.54, 1.807) is 24.7 Å². The van der Waals surface area contributed by atoms with Crippen LogP contribution in [-0.4, -0.2) is 34.3 Å². The average Bonchev–Trinajstić information content (AvgIpc) is 3.34. The predicted octanol–water partition coefficient (Wildman–Crippen LogP) is 3.59. The van der Waals surface area contributed by atoms with Crippen molar-refractivity contribution >= 4 is 23.3 Å². The van der Waals surface area contributed by atoms with Crippen LogP contribution >= 0.6 is 11.6 Å². The standard InChI is InChI=1S/C23H18ClN3O3/c24-19-9-13(20-12-25-5-6-26-20)7-14-8-15(30-22(14)19)11-27-23(29)18-10-21(28)17-4-2-1-3-16(17)18/h1-7,9,12,15,18H,8,10-11H2,(H,27,29). The number of aromatic nitrogens is 2. The maximum absolute atomic E-state index is 12.7. The quantitative estimate of drug-likeness (QED) is 0.699. The fourth-order valence-electron chi connectivity index (χ4n) is 4.13. The Morgan fingerprint density at radius 2 is 2.07 bits per heavy atom. The first-order valence-electron chi connectivity index (χ1n) is 9.75. The van der Waals surface area contributed by atoms with Gasteiger partial charge in [0.1, 0.15) is 11.9 Å². The Balaban J connectivity index is 1.27. The smallest absolute Gasteiger partial charge is 0.228 e. The first kappa shape index (κ1) is 18.8. The van der Waals surface area contributed by atoms with Crippen molar-refractivity contribution in [2.75, 3.05) is 6.54 Å². The topological polar surface area (TPSA) is 81.2 Å². The number of ketones is 1. The number of rotatable bonds is 4. The Labute approximate surface area is 178 Å². The van der Waals surface area contributed by atoms with E-state index in [9.17, 15) is 9.59 Å². The molecule has 2 unspecified atom stereocenters. The van der Waals surface area contributed by atoms with Gasteiger partial charge in [-0.1, -0.05) is 35.9 Å². The van der Waals surface area contributed by atoms with Gasteiger partial charge in [-0.25, -0.2) is 0 Å². The van der Waals surface area contributed by atoms with E-state index in [-0.39, 0.29) is 24.2 Å². The molecular formula is C23H18ClN3O3. The number of ether oxygens (including phenoxy) is 1. The van der Waals surface area contributed by atoms with Gasteiger partial charge in [-0.3, -0.25) is 19.6 Å². The third-order valence-corrected chi connectivity index (χ3v) is 5.84. The van der Waals surface area contributed by atoms with Crippen molar-refractivity contribution in [2.45, 2.75) is 24.9 Å². The number of hydrogen-bond donors (Lipinski definition) is 1. The van der Waals surface area contributed by atoms with Crippen molar-refractivity contribution in [3.63, 3.8) is 0 Å². The van der Waals surface area contributed by atoms with Crippen LogP contribution in [0.25, 0.3) is 11.3 Å². The fraction of sp³-hybridized carbons (Fsp3) is 0.217. The lowest BCUT2D eigenvalue weighted by molar-refractivity contribution is -0.122. The first-order chi connectivity index (χ1) is 14.6. The number of nitrogens with zero attached hydrogens (tertiary/aromatic N) is 2. The highest BCUT2D eigenvalue weighted by atomic mass is 35.5. The largest absolute Gasteiger partial charge is 0.486 e. The van der Waals surface area contributed by atoms with Crippen molar-refractivity contribution in [3.05, 3.63) is 76.7 Å². The van der Waals surface area contributed by atoms with Gasteiger partial charge in [0, 0.05) is 41.9 Å². The number of Topliss-reactive ketones (excluding diaryl/α,β-unsaturated/α-hetero) is 1. The minimum Gasteiger partial charge on any atom is -0.486 e. The molecule has 30 heavy (non-hydrogen) atoms. The number of carbonyl (C=O) groups excluding carboxylic acids is 2. The highest BCUT2D eigenvalue weighted by molar-refractivity contribution is 6.32. The normalized spacial score (nSPS) is 19.2. The third kappa shape index (κ3) is 3.33. The van der Waals surface area contributed by atoms with Crippen LogP contribution in [0.2, 0.25) is 5.02 Å². The molecule has 0 saturated carbocycles. The molecule has 5 rings (SSSR count). The lowest BCUT2D eigenvalue weighted by atomic mass is 10.0. The minimum atomic E-state index is -0.440.